The van der Waals surface area contributed by atoms with Gasteiger partial charge < -0.3 is 10.1 Å². The van der Waals surface area contributed by atoms with Crippen LogP contribution in [0, 0.1) is 5.82 Å². The number of ether oxygens (including phenoxy) is 1. The van der Waals surface area contributed by atoms with Crippen molar-refractivity contribution in [1.29, 1.82) is 0 Å². The largest absolute Gasteiger partial charge is 0.494 e. The number of hydrogen-bond acceptors (Lipinski definition) is 3. The summed E-state index contributed by atoms with van der Waals surface area (Å²) < 4.78 is 19.3. The number of hydrogen-bond donors (Lipinski definition) is 1. The molecule has 0 aliphatic carbocycles. The van der Waals surface area contributed by atoms with Gasteiger partial charge in [0, 0.05) is 10.9 Å². The maximum Gasteiger partial charge on any atom is 0.168 e. The predicted molar refractivity (Wildman–Crippen MR) is 82.0 cm³/mol. The molecule has 1 unspecified atom stereocenters. The summed E-state index contributed by atoms with van der Waals surface area (Å²) in [5.41, 5.74) is 0.686. The van der Waals surface area contributed by atoms with Crippen LogP contribution >= 0.6 is 11.3 Å². The summed E-state index contributed by atoms with van der Waals surface area (Å²) >= 11 is 1.70. The first-order chi connectivity index (χ1) is 9.76. The van der Waals surface area contributed by atoms with Crippen molar-refractivity contribution in [2.24, 2.45) is 0 Å². The molecular formula is C16H20FNOS. The van der Waals surface area contributed by atoms with Crippen LogP contribution in [0.4, 0.5) is 4.39 Å². The lowest BCUT2D eigenvalue weighted by atomic mass is 10.0. The second-order valence-corrected chi connectivity index (χ2v) is 5.64. The first kappa shape index (κ1) is 15.0. The third kappa shape index (κ3) is 3.58. The van der Waals surface area contributed by atoms with E-state index in [4.69, 9.17) is 4.74 Å². The van der Waals surface area contributed by atoms with Crippen molar-refractivity contribution in [2.45, 2.75) is 25.8 Å². The van der Waals surface area contributed by atoms with Gasteiger partial charge in [-0.1, -0.05) is 25.1 Å². The third-order valence-corrected chi connectivity index (χ3v) is 4.20. The Balaban J connectivity index is 2.19. The molecule has 108 valence electrons. The minimum Gasteiger partial charge on any atom is -0.494 e. The lowest BCUT2D eigenvalue weighted by Crippen LogP contribution is -2.23. The number of nitrogens with one attached hydrogen (secondary N) is 1. The van der Waals surface area contributed by atoms with Gasteiger partial charge in [-0.05, 0) is 42.5 Å². The fourth-order valence-corrected chi connectivity index (χ4v) is 2.98. The zero-order chi connectivity index (χ0) is 14.4. The van der Waals surface area contributed by atoms with Crippen LogP contribution in [0.1, 0.15) is 29.8 Å². The minimum atomic E-state index is -0.255. The van der Waals surface area contributed by atoms with Gasteiger partial charge in [0.15, 0.2) is 11.6 Å². The lowest BCUT2D eigenvalue weighted by molar-refractivity contribution is 0.382. The summed E-state index contributed by atoms with van der Waals surface area (Å²) in [6.45, 7) is 3.05. The Morgan fingerprint density at radius 3 is 2.80 bits per heavy atom. The molecule has 0 bridgehead atoms. The summed E-state index contributed by atoms with van der Waals surface area (Å²) in [5.74, 6) is 0.0535. The molecule has 0 spiro atoms. The molecule has 2 rings (SSSR count). The zero-order valence-electron chi connectivity index (χ0n) is 11.9. The smallest absolute Gasteiger partial charge is 0.168 e. The van der Waals surface area contributed by atoms with E-state index in [1.165, 1.54) is 12.0 Å². The summed E-state index contributed by atoms with van der Waals surface area (Å²) in [7, 11) is 1.49. The monoisotopic (exact) mass is 293 g/mol. The Morgan fingerprint density at radius 1 is 1.30 bits per heavy atom. The lowest BCUT2D eigenvalue weighted by Gasteiger charge is -2.18. The second-order valence-electron chi connectivity index (χ2n) is 4.66. The molecule has 2 aromatic rings. The Kier molecular flexibility index (Phi) is 5.56. The highest BCUT2D eigenvalue weighted by Crippen LogP contribution is 2.27. The second kappa shape index (κ2) is 7.41. The molecule has 0 saturated heterocycles. The van der Waals surface area contributed by atoms with Gasteiger partial charge in [-0.15, -0.1) is 11.3 Å². The Hall–Kier alpha value is -1.39. The first-order valence-corrected chi connectivity index (χ1v) is 7.72. The predicted octanol–water partition coefficient (Wildman–Crippen LogP) is 4.18. The van der Waals surface area contributed by atoms with Crippen LogP contribution in [0.3, 0.4) is 0 Å². The average molecular weight is 293 g/mol. The van der Waals surface area contributed by atoms with Gasteiger partial charge in [0.1, 0.15) is 0 Å². The van der Waals surface area contributed by atoms with E-state index in [1.54, 1.807) is 17.4 Å². The molecule has 2 nitrogen and oxygen atoms in total. The summed E-state index contributed by atoms with van der Waals surface area (Å²) in [4.78, 5) is 1.24. The van der Waals surface area contributed by atoms with Crippen molar-refractivity contribution in [1.82, 2.24) is 5.32 Å². The molecule has 4 heteroatoms. The van der Waals surface area contributed by atoms with Crippen LogP contribution in [-0.4, -0.2) is 13.7 Å². The van der Waals surface area contributed by atoms with Gasteiger partial charge >= 0.3 is 0 Å². The Morgan fingerprint density at radius 2 is 2.15 bits per heavy atom. The standard InChI is InChI=1S/C16H20FNOS/c1-3-9-18-13(15-8-5-10-20-15)11-12-6-4-7-14(19-2)16(12)17/h4-8,10,13,18H,3,9,11H2,1-2H3. The highest BCUT2D eigenvalue weighted by molar-refractivity contribution is 7.10. The normalized spacial score (nSPS) is 12.3. The van der Waals surface area contributed by atoms with Crippen LogP contribution in [0.5, 0.6) is 5.75 Å². The number of benzene rings is 1. The van der Waals surface area contributed by atoms with Gasteiger partial charge in [0.25, 0.3) is 0 Å². The summed E-state index contributed by atoms with van der Waals surface area (Å²) in [6, 6.07) is 9.59. The number of methoxy groups -OCH3 is 1. The van der Waals surface area contributed by atoms with Crippen LogP contribution in [0.15, 0.2) is 35.7 Å². The molecule has 20 heavy (non-hydrogen) atoms. The molecule has 1 heterocycles. The molecule has 0 aliphatic heterocycles. The number of thiophene rings is 1. The van der Waals surface area contributed by atoms with E-state index >= 15 is 0 Å². The molecule has 1 N–H and O–H groups in total. The summed E-state index contributed by atoms with van der Waals surface area (Å²) in [6.07, 6.45) is 1.69. The maximum absolute atomic E-state index is 14.2. The fraction of sp³-hybridized carbons (Fsp3) is 0.375. The highest BCUT2D eigenvalue weighted by atomic mass is 32.1. The van der Waals surface area contributed by atoms with Crippen molar-refractivity contribution in [3.63, 3.8) is 0 Å². The first-order valence-electron chi connectivity index (χ1n) is 6.84. The zero-order valence-corrected chi connectivity index (χ0v) is 12.7. The minimum absolute atomic E-state index is 0.150. The van der Waals surface area contributed by atoms with E-state index in [0.29, 0.717) is 17.7 Å². The van der Waals surface area contributed by atoms with Gasteiger partial charge in [-0.3, -0.25) is 0 Å². The molecule has 0 aliphatic rings. The highest BCUT2D eigenvalue weighted by Gasteiger charge is 2.16. The van der Waals surface area contributed by atoms with Crippen LogP contribution < -0.4 is 10.1 Å². The number of rotatable bonds is 7. The molecule has 0 radical (unpaired) electrons. The van der Waals surface area contributed by atoms with Gasteiger partial charge in [0.05, 0.1) is 7.11 Å². The number of halogens is 1. The molecule has 1 aromatic carbocycles. The fourth-order valence-electron chi connectivity index (χ4n) is 2.17. The molecule has 0 fully saturated rings. The Bertz CT molecular complexity index is 527. The van der Waals surface area contributed by atoms with E-state index in [0.717, 1.165) is 13.0 Å². The van der Waals surface area contributed by atoms with Gasteiger partial charge in [-0.25, -0.2) is 4.39 Å². The molecule has 1 aromatic heterocycles. The van der Waals surface area contributed by atoms with Gasteiger partial charge in [-0.2, -0.15) is 0 Å². The van der Waals surface area contributed by atoms with E-state index in [1.807, 2.05) is 18.2 Å². The van der Waals surface area contributed by atoms with E-state index in [-0.39, 0.29) is 11.9 Å². The molecule has 1 atom stereocenters. The summed E-state index contributed by atoms with van der Waals surface area (Å²) in [5, 5.41) is 5.54. The molecular weight excluding hydrogens is 273 g/mol. The quantitative estimate of drug-likeness (QED) is 0.827. The third-order valence-electron chi connectivity index (χ3n) is 3.21. The van der Waals surface area contributed by atoms with E-state index in [2.05, 4.69) is 23.7 Å². The van der Waals surface area contributed by atoms with Crippen LogP contribution in [0.25, 0.3) is 0 Å². The van der Waals surface area contributed by atoms with Crippen LogP contribution in [-0.2, 0) is 6.42 Å². The Labute approximate surface area is 123 Å². The van der Waals surface area contributed by atoms with Crippen molar-refractivity contribution in [3.8, 4) is 5.75 Å². The van der Waals surface area contributed by atoms with Crippen molar-refractivity contribution in [3.05, 3.63) is 52.0 Å². The SMILES string of the molecule is CCCNC(Cc1cccc(OC)c1F)c1cccs1. The van der Waals surface area contributed by atoms with Crippen molar-refractivity contribution in [2.75, 3.05) is 13.7 Å². The van der Waals surface area contributed by atoms with Crippen molar-refractivity contribution >= 4 is 11.3 Å². The molecule has 0 saturated carbocycles. The van der Waals surface area contributed by atoms with Crippen LogP contribution in [0.2, 0.25) is 0 Å². The van der Waals surface area contributed by atoms with E-state index < -0.39 is 0 Å². The topological polar surface area (TPSA) is 21.3 Å². The van der Waals surface area contributed by atoms with Gasteiger partial charge in [0.2, 0.25) is 0 Å². The maximum atomic E-state index is 14.2. The average Bonchev–Trinajstić information content (AvgIpc) is 2.99. The van der Waals surface area contributed by atoms with E-state index in [9.17, 15) is 4.39 Å². The molecule has 0 amide bonds. The van der Waals surface area contributed by atoms with Crippen molar-refractivity contribution < 1.29 is 9.13 Å².